The van der Waals surface area contributed by atoms with Gasteiger partial charge in [-0.15, -0.1) is 11.3 Å². The number of rotatable bonds is 5. The molecule has 0 spiro atoms. The van der Waals surface area contributed by atoms with Crippen LogP contribution in [0.3, 0.4) is 0 Å². The van der Waals surface area contributed by atoms with Crippen LogP contribution in [0.2, 0.25) is 0 Å². The summed E-state index contributed by atoms with van der Waals surface area (Å²) in [7, 11) is 0. The molecule has 1 unspecified atom stereocenters. The van der Waals surface area contributed by atoms with Crippen LogP contribution in [0.15, 0.2) is 17.6 Å². The molecule has 0 saturated carbocycles. The molecule has 0 amide bonds. The first-order valence-corrected chi connectivity index (χ1v) is 8.00. The molecule has 21 heavy (non-hydrogen) atoms. The van der Waals surface area contributed by atoms with Crippen molar-refractivity contribution < 1.29 is 9.66 Å². The van der Waals surface area contributed by atoms with Crippen molar-refractivity contribution in [2.75, 3.05) is 13.2 Å². The standard InChI is InChI=1S/C14H17N3O3S/c18-17(19)14-11(4-5-12-13(14)16-9-21-12)20-8-6-10-3-1-2-7-15-10/h4-5,9-10,15H,1-3,6-8H2. The fourth-order valence-corrected chi connectivity index (χ4v) is 3.35. The monoisotopic (exact) mass is 307 g/mol. The zero-order valence-electron chi connectivity index (χ0n) is 11.6. The van der Waals surface area contributed by atoms with Gasteiger partial charge in [0.25, 0.3) is 0 Å². The summed E-state index contributed by atoms with van der Waals surface area (Å²) >= 11 is 1.39. The van der Waals surface area contributed by atoms with Gasteiger partial charge in [-0.05, 0) is 37.9 Å². The van der Waals surface area contributed by atoms with Gasteiger partial charge in [-0.1, -0.05) is 6.42 Å². The zero-order chi connectivity index (χ0) is 14.7. The number of aromatic nitrogens is 1. The molecule has 2 heterocycles. The topological polar surface area (TPSA) is 77.3 Å². The lowest BCUT2D eigenvalue weighted by Gasteiger charge is -2.23. The van der Waals surface area contributed by atoms with Crippen LogP contribution in [-0.4, -0.2) is 29.1 Å². The van der Waals surface area contributed by atoms with Crippen LogP contribution in [-0.2, 0) is 0 Å². The Labute approximate surface area is 126 Å². The smallest absolute Gasteiger partial charge is 0.337 e. The number of piperidine rings is 1. The minimum Gasteiger partial charge on any atom is -0.487 e. The summed E-state index contributed by atoms with van der Waals surface area (Å²) in [6.07, 6.45) is 4.48. The summed E-state index contributed by atoms with van der Waals surface area (Å²) < 4.78 is 6.47. The lowest BCUT2D eigenvalue weighted by molar-refractivity contribution is -0.384. The van der Waals surface area contributed by atoms with E-state index in [2.05, 4.69) is 10.3 Å². The first-order chi connectivity index (χ1) is 10.3. The molecule has 0 bridgehead atoms. The van der Waals surface area contributed by atoms with Gasteiger partial charge < -0.3 is 10.1 Å². The summed E-state index contributed by atoms with van der Waals surface area (Å²) in [5.74, 6) is 0.314. The molecule has 1 saturated heterocycles. The maximum Gasteiger partial charge on any atom is 0.337 e. The van der Waals surface area contributed by atoms with Crippen molar-refractivity contribution in [1.82, 2.24) is 10.3 Å². The first-order valence-electron chi connectivity index (χ1n) is 7.12. The summed E-state index contributed by atoms with van der Waals surface area (Å²) in [4.78, 5) is 15.0. The van der Waals surface area contributed by atoms with Crippen LogP contribution < -0.4 is 10.1 Å². The maximum absolute atomic E-state index is 11.3. The molecule has 6 nitrogen and oxygen atoms in total. The highest BCUT2D eigenvalue weighted by molar-refractivity contribution is 7.16. The third-order valence-corrected chi connectivity index (χ3v) is 4.55. The minimum atomic E-state index is -0.407. The van der Waals surface area contributed by atoms with E-state index in [1.54, 1.807) is 11.6 Å². The molecule has 1 aromatic carbocycles. The Morgan fingerprint density at radius 2 is 2.38 bits per heavy atom. The molecule has 1 aliphatic heterocycles. The van der Waals surface area contributed by atoms with E-state index in [1.807, 2.05) is 6.07 Å². The van der Waals surface area contributed by atoms with E-state index in [4.69, 9.17) is 4.74 Å². The number of hydrogen-bond donors (Lipinski definition) is 1. The Bertz CT molecular complexity index is 637. The quantitative estimate of drug-likeness (QED) is 0.678. The molecule has 1 aliphatic rings. The van der Waals surface area contributed by atoms with Crippen molar-refractivity contribution in [2.45, 2.75) is 31.7 Å². The summed E-state index contributed by atoms with van der Waals surface area (Å²) in [6, 6.07) is 3.96. The second-order valence-corrected chi connectivity index (χ2v) is 6.04. The largest absolute Gasteiger partial charge is 0.487 e. The Balaban J connectivity index is 1.71. The molecule has 1 N–H and O–H groups in total. The maximum atomic E-state index is 11.3. The van der Waals surface area contributed by atoms with E-state index in [0.717, 1.165) is 24.1 Å². The van der Waals surface area contributed by atoms with Crippen LogP contribution >= 0.6 is 11.3 Å². The highest BCUT2D eigenvalue weighted by Crippen LogP contribution is 2.36. The molecule has 0 radical (unpaired) electrons. The highest BCUT2D eigenvalue weighted by atomic mass is 32.1. The molecule has 7 heteroatoms. The molecular weight excluding hydrogens is 290 g/mol. The normalized spacial score (nSPS) is 18.8. The van der Waals surface area contributed by atoms with E-state index in [9.17, 15) is 10.1 Å². The number of fused-ring (bicyclic) bond motifs is 1. The minimum absolute atomic E-state index is 0.0228. The van der Waals surface area contributed by atoms with Gasteiger partial charge >= 0.3 is 5.69 Å². The van der Waals surface area contributed by atoms with E-state index < -0.39 is 4.92 Å². The predicted octanol–water partition coefficient (Wildman–Crippen LogP) is 3.12. The third-order valence-electron chi connectivity index (χ3n) is 3.76. The first kappa shape index (κ1) is 14.2. The highest BCUT2D eigenvalue weighted by Gasteiger charge is 2.22. The van der Waals surface area contributed by atoms with Gasteiger partial charge in [-0.25, -0.2) is 4.98 Å². The summed E-state index contributed by atoms with van der Waals surface area (Å²) in [5, 5.41) is 14.7. The van der Waals surface area contributed by atoms with Crippen molar-refractivity contribution >= 4 is 27.2 Å². The second-order valence-electron chi connectivity index (χ2n) is 5.15. The second kappa shape index (κ2) is 6.36. The summed E-state index contributed by atoms with van der Waals surface area (Å²) in [5.41, 5.74) is 2.01. The Kier molecular flexibility index (Phi) is 4.31. The lowest BCUT2D eigenvalue weighted by Crippen LogP contribution is -2.35. The number of ether oxygens (including phenoxy) is 1. The molecule has 1 fully saturated rings. The van der Waals surface area contributed by atoms with Crippen LogP contribution in [0.4, 0.5) is 5.69 Å². The lowest BCUT2D eigenvalue weighted by atomic mass is 10.0. The Hall–Kier alpha value is -1.73. The predicted molar refractivity (Wildman–Crippen MR) is 82.0 cm³/mol. The molecular formula is C14H17N3O3S. The van der Waals surface area contributed by atoms with Gasteiger partial charge in [-0.2, -0.15) is 0 Å². The van der Waals surface area contributed by atoms with Gasteiger partial charge in [0, 0.05) is 6.04 Å². The molecule has 3 rings (SSSR count). The van der Waals surface area contributed by atoms with Crippen LogP contribution in [0.1, 0.15) is 25.7 Å². The fourth-order valence-electron chi connectivity index (χ4n) is 2.67. The number of hydrogen-bond acceptors (Lipinski definition) is 6. The van der Waals surface area contributed by atoms with Crippen molar-refractivity contribution in [2.24, 2.45) is 0 Å². The van der Waals surface area contributed by atoms with Gasteiger partial charge in [0.2, 0.25) is 0 Å². The summed E-state index contributed by atoms with van der Waals surface area (Å²) in [6.45, 7) is 1.53. The van der Waals surface area contributed by atoms with Crippen molar-refractivity contribution in [3.05, 3.63) is 27.8 Å². The van der Waals surface area contributed by atoms with Crippen LogP contribution in [0.25, 0.3) is 10.2 Å². The van der Waals surface area contributed by atoms with Gasteiger partial charge in [0.05, 0.1) is 21.7 Å². The van der Waals surface area contributed by atoms with Crippen molar-refractivity contribution in [3.8, 4) is 5.75 Å². The van der Waals surface area contributed by atoms with Gasteiger partial charge in [0.15, 0.2) is 11.3 Å². The van der Waals surface area contributed by atoms with Gasteiger partial charge in [-0.3, -0.25) is 10.1 Å². The molecule has 2 aromatic rings. The number of nitrogens with one attached hydrogen (secondary N) is 1. The van der Waals surface area contributed by atoms with Gasteiger partial charge in [0.1, 0.15) is 0 Å². The average Bonchev–Trinajstić information content (AvgIpc) is 2.96. The van der Waals surface area contributed by atoms with E-state index >= 15 is 0 Å². The average molecular weight is 307 g/mol. The zero-order valence-corrected chi connectivity index (χ0v) is 12.4. The van der Waals surface area contributed by atoms with Crippen LogP contribution in [0.5, 0.6) is 5.75 Å². The van der Waals surface area contributed by atoms with E-state index in [-0.39, 0.29) is 5.69 Å². The fraction of sp³-hybridized carbons (Fsp3) is 0.500. The van der Waals surface area contributed by atoms with Crippen molar-refractivity contribution in [3.63, 3.8) is 0 Å². The number of thiazole rings is 1. The SMILES string of the molecule is O=[N+]([O-])c1c(OCCC2CCCCN2)ccc2scnc12. The number of benzene rings is 1. The third kappa shape index (κ3) is 3.14. The number of nitro groups is 1. The van der Waals surface area contributed by atoms with E-state index in [1.165, 1.54) is 24.2 Å². The molecule has 1 aromatic heterocycles. The number of nitro benzene ring substituents is 1. The van der Waals surface area contributed by atoms with E-state index in [0.29, 0.717) is 23.9 Å². The molecule has 1 atom stereocenters. The number of nitrogens with zero attached hydrogens (tertiary/aromatic N) is 2. The van der Waals surface area contributed by atoms with Crippen LogP contribution in [0, 0.1) is 10.1 Å². The Morgan fingerprint density at radius 3 is 3.14 bits per heavy atom. The molecule has 112 valence electrons. The Morgan fingerprint density at radius 1 is 1.48 bits per heavy atom. The van der Waals surface area contributed by atoms with Crippen molar-refractivity contribution in [1.29, 1.82) is 0 Å². The molecule has 0 aliphatic carbocycles.